The van der Waals surface area contributed by atoms with E-state index in [9.17, 15) is 4.79 Å². The van der Waals surface area contributed by atoms with Crippen LogP contribution in [0.3, 0.4) is 0 Å². The quantitative estimate of drug-likeness (QED) is 0.753. The number of likely N-dealkylation sites (tertiary alicyclic amines) is 1. The number of nitrogens with zero attached hydrogens (tertiary/aromatic N) is 1. The third kappa shape index (κ3) is 4.30. The molecule has 0 saturated carbocycles. The van der Waals surface area contributed by atoms with Gasteiger partial charge in [0.2, 0.25) is 0 Å². The van der Waals surface area contributed by atoms with Gasteiger partial charge in [0.25, 0.3) is 0 Å². The van der Waals surface area contributed by atoms with Crippen molar-refractivity contribution in [3.05, 3.63) is 34.9 Å². The van der Waals surface area contributed by atoms with Gasteiger partial charge in [-0.25, -0.2) is 0 Å². The van der Waals surface area contributed by atoms with Gasteiger partial charge in [-0.3, -0.25) is 9.69 Å². The molecule has 1 aromatic carbocycles. The molecule has 1 atom stereocenters. The average molecular weight is 296 g/mol. The topological polar surface area (TPSA) is 29.5 Å². The maximum Gasteiger partial charge on any atom is 0.178 e. The van der Waals surface area contributed by atoms with Crippen molar-refractivity contribution in [1.82, 2.24) is 4.90 Å². The average Bonchev–Trinajstić information content (AvgIpc) is 2.46. The van der Waals surface area contributed by atoms with Crippen molar-refractivity contribution in [2.24, 2.45) is 0 Å². The van der Waals surface area contributed by atoms with Crippen molar-refractivity contribution in [2.45, 2.75) is 32.3 Å². The Morgan fingerprint density at radius 3 is 3.00 bits per heavy atom. The van der Waals surface area contributed by atoms with Crippen LogP contribution in [0.5, 0.6) is 0 Å². The Labute approximate surface area is 125 Å². The summed E-state index contributed by atoms with van der Waals surface area (Å²) in [6.45, 7) is 5.15. The Bertz CT molecular complexity index is 450. The van der Waals surface area contributed by atoms with Gasteiger partial charge in [-0.15, -0.1) is 0 Å². The van der Waals surface area contributed by atoms with Gasteiger partial charge < -0.3 is 4.74 Å². The molecule has 3 nitrogen and oxygen atoms in total. The number of hydrogen-bond acceptors (Lipinski definition) is 3. The van der Waals surface area contributed by atoms with E-state index >= 15 is 0 Å². The SMILES string of the molecule is CCCOC1CCCN(CC(=O)c2ccccc2Cl)C1. The fourth-order valence-corrected chi connectivity index (χ4v) is 2.79. The molecule has 20 heavy (non-hydrogen) atoms. The van der Waals surface area contributed by atoms with E-state index in [4.69, 9.17) is 16.3 Å². The second-order valence-electron chi connectivity index (χ2n) is 5.27. The number of hydrogen-bond donors (Lipinski definition) is 0. The van der Waals surface area contributed by atoms with Crippen LogP contribution in [-0.4, -0.2) is 43.0 Å². The van der Waals surface area contributed by atoms with E-state index in [0.29, 0.717) is 17.1 Å². The lowest BCUT2D eigenvalue weighted by atomic mass is 10.1. The summed E-state index contributed by atoms with van der Waals surface area (Å²) in [5.41, 5.74) is 0.616. The van der Waals surface area contributed by atoms with Crippen molar-refractivity contribution < 1.29 is 9.53 Å². The van der Waals surface area contributed by atoms with Crippen LogP contribution < -0.4 is 0 Å². The molecule has 110 valence electrons. The van der Waals surface area contributed by atoms with Gasteiger partial charge in [-0.05, 0) is 37.9 Å². The first-order valence-corrected chi connectivity index (χ1v) is 7.70. The molecule has 1 aliphatic heterocycles. The van der Waals surface area contributed by atoms with Gasteiger partial charge in [-0.2, -0.15) is 0 Å². The summed E-state index contributed by atoms with van der Waals surface area (Å²) in [6.07, 6.45) is 3.48. The minimum absolute atomic E-state index is 0.0896. The summed E-state index contributed by atoms with van der Waals surface area (Å²) in [5, 5.41) is 0.535. The molecule has 1 heterocycles. The van der Waals surface area contributed by atoms with Crippen molar-refractivity contribution >= 4 is 17.4 Å². The van der Waals surface area contributed by atoms with E-state index < -0.39 is 0 Å². The molecule has 1 unspecified atom stereocenters. The molecule has 1 fully saturated rings. The number of rotatable bonds is 6. The monoisotopic (exact) mass is 295 g/mol. The molecular weight excluding hydrogens is 274 g/mol. The van der Waals surface area contributed by atoms with Crippen LogP contribution >= 0.6 is 11.6 Å². The van der Waals surface area contributed by atoms with Crippen LogP contribution in [0, 0.1) is 0 Å². The number of Topliss-reactive ketones (excluding diaryl/α,β-unsaturated/α-hetero) is 1. The van der Waals surface area contributed by atoms with E-state index in [2.05, 4.69) is 11.8 Å². The van der Waals surface area contributed by atoms with Crippen LogP contribution in [0.4, 0.5) is 0 Å². The smallest absolute Gasteiger partial charge is 0.178 e. The van der Waals surface area contributed by atoms with E-state index in [1.807, 2.05) is 12.1 Å². The number of ether oxygens (including phenoxy) is 1. The molecule has 0 aliphatic carbocycles. The zero-order valence-electron chi connectivity index (χ0n) is 12.0. The van der Waals surface area contributed by atoms with Crippen molar-refractivity contribution in [3.8, 4) is 0 Å². The van der Waals surface area contributed by atoms with Crippen LogP contribution in [0.1, 0.15) is 36.5 Å². The predicted molar refractivity (Wildman–Crippen MR) is 81.5 cm³/mol. The number of piperidine rings is 1. The van der Waals surface area contributed by atoms with Crippen LogP contribution in [0.15, 0.2) is 24.3 Å². The van der Waals surface area contributed by atoms with E-state index in [1.54, 1.807) is 12.1 Å². The first-order valence-electron chi connectivity index (χ1n) is 7.32. The van der Waals surface area contributed by atoms with E-state index in [1.165, 1.54) is 0 Å². The summed E-state index contributed by atoms with van der Waals surface area (Å²) in [7, 11) is 0. The van der Waals surface area contributed by atoms with Crippen LogP contribution in [0.25, 0.3) is 0 Å². The number of carbonyl (C=O) groups is 1. The van der Waals surface area contributed by atoms with Gasteiger partial charge in [0.15, 0.2) is 5.78 Å². The number of carbonyl (C=O) groups excluding carboxylic acids is 1. The lowest BCUT2D eigenvalue weighted by Gasteiger charge is -2.32. The highest BCUT2D eigenvalue weighted by atomic mass is 35.5. The highest BCUT2D eigenvalue weighted by Gasteiger charge is 2.22. The zero-order valence-corrected chi connectivity index (χ0v) is 12.7. The molecule has 1 aliphatic rings. The van der Waals surface area contributed by atoms with Crippen LogP contribution in [-0.2, 0) is 4.74 Å². The summed E-state index contributed by atoms with van der Waals surface area (Å²) in [4.78, 5) is 14.5. The van der Waals surface area contributed by atoms with Gasteiger partial charge in [0.05, 0.1) is 17.7 Å². The predicted octanol–water partition coefficient (Wildman–Crippen LogP) is 3.41. The fraction of sp³-hybridized carbons (Fsp3) is 0.562. The zero-order chi connectivity index (χ0) is 14.4. The van der Waals surface area contributed by atoms with Gasteiger partial charge in [0, 0.05) is 18.7 Å². The first kappa shape index (κ1) is 15.5. The second kappa shape index (κ2) is 7.77. The molecule has 0 bridgehead atoms. The summed E-state index contributed by atoms with van der Waals surface area (Å²) in [6, 6.07) is 7.24. The Morgan fingerprint density at radius 2 is 2.25 bits per heavy atom. The summed E-state index contributed by atoms with van der Waals surface area (Å²) >= 11 is 6.07. The maximum atomic E-state index is 12.3. The minimum Gasteiger partial charge on any atom is -0.377 e. The lowest BCUT2D eigenvalue weighted by molar-refractivity contribution is 0.00131. The Kier molecular flexibility index (Phi) is 6.02. The van der Waals surface area contributed by atoms with Crippen molar-refractivity contribution in [3.63, 3.8) is 0 Å². The normalized spacial score (nSPS) is 20.0. The molecule has 1 aromatic rings. The molecule has 1 saturated heterocycles. The third-order valence-corrected chi connectivity index (χ3v) is 3.89. The van der Waals surface area contributed by atoms with Crippen LogP contribution in [0.2, 0.25) is 5.02 Å². The number of ketones is 1. The van der Waals surface area contributed by atoms with E-state index in [0.717, 1.165) is 39.0 Å². The van der Waals surface area contributed by atoms with E-state index in [-0.39, 0.29) is 11.9 Å². The van der Waals surface area contributed by atoms with Gasteiger partial charge in [0.1, 0.15) is 0 Å². The molecule has 4 heteroatoms. The standard InChI is InChI=1S/C16H22ClNO2/c1-2-10-20-13-6-5-9-18(11-13)12-16(19)14-7-3-4-8-15(14)17/h3-4,7-8,13H,2,5-6,9-12H2,1H3. The molecule has 0 spiro atoms. The number of benzene rings is 1. The Hall–Kier alpha value is -0.900. The Balaban J connectivity index is 1.89. The number of halogens is 1. The maximum absolute atomic E-state index is 12.3. The lowest BCUT2D eigenvalue weighted by Crippen LogP contribution is -2.42. The third-order valence-electron chi connectivity index (χ3n) is 3.56. The molecular formula is C16H22ClNO2. The molecule has 0 N–H and O–H groups in total. The van der Waals surface area contributed by atoms with Crippen molar-refractivity contribution in [2.75, 3.05) is 26.2 Å². The highest BCUT2D eigenvalue weighted by molar-refractivity contribution is 6.34. The highest BCUT2D eigenvalue weighted by Crippen LogP contribution is 2.18. The Morgan fingerprint density at radius 1 is 1.45 bits per heavy atom. The summed E-state index contributed by atoms with van der Waals surface area (Å²) < 4.78 is 5.79. The molecule has 0 radical (unpaired) electrons. The first-order chi connectivity index (χ1) is 9.70. The summed E-state index contributed by atoms with van der Waals surface area (Å²) in [5.74, 6) is 0.0896. The molecule has 0 amide bonds. The fourth-order valence-electron chi connectivity index (χ4n) is 2.55. The van der Waals surface area contributed by atoms with Gasteiger partial charge >= 0.3 is 0 Å². The minimum atomic E-state index is 0.0896. The van der Waals surface area contributed by atoms with Crippen molar-refractivity contribution in [1.29, 1.82) is 0 Å². The molecule has 0 aromatic heterocycles. The second-order valence-corrected chi connectivity index (χ2v) is 5.68. The van der Waals surface area contributed by atoms with Gasteiger partial charge in [-0.1, -0.05) is 30.7 Å². The largest absolute Gasteiger partial charge is 0.377 e. The molecule has 2 rings (SSSR count).